The molecular weight excluding hydrogens is 884 g/mol. The number of hydrogen-bond acceptors (Lipinski definition) is 10. The molecule has 9 rings (SSSR count). The first-order valence-corrected chi connectivity index (χ1v) is 22.5. The van der Waals surface area contributed by atoms with E-state index in [0.717, 1.165) is 62.0 Å². The number of amides is 4. The number of carbonyl (C=O) groups excluding carboxylic acids is 4. The summed E-state index contributed by atoms with van der Waals surface area (Å²) in [5, 5.41) is 7.19. The number of imidazole rings is 1. The lowest BCUT2D eigenvalue weighted by molar-refractivity contribution is -0.171. The molecule has 6 atom stereocenters. The van der Waals surface area contributed by atoms with Crippen LogP contribution >= 0.6 is 0 Å². The first-order valence-electron chi connectivity index (χ1n) is 22.5. The van der Waals surface area contributed by atoms with E-state index >= 15 is 0 Å². The van der Waals surface area contributed by atoms with Crippen LogP contribution in [0.3, 0.4) is 0 Å². The second kappa shape index (κ2) is 18.6. The van der Waals surface area contributed by atoms with Gasteiger partial charge >= 0.3 is 18.4 Å². The van der Waals surface area contributed by atoms with Gasteiger partial charge in [-0.05, 0) is 81.6 Å². The molecule has 0 saturated carbocycles. The van der Waals surface area contributed by atoms with Gasteiger partial charge in [-0.25, -0.2) is 14.6 Å². The van der Waals surface area contributed by atoms with E-state index in [0.29, 0.717) is 43.0 Å². The number of nitrogens with one attached hydrogen (secondary N) is 3. The summed E-state index contributed by atoms with van der Waals surface area (Å²) in [7, 11) is 4.06. The Morgan fingerprint density at radius 1 is 0.868 bits per heavy atom. The molecule has 2 saturated heterocycles. The van der Waals surface area contributed by atoms with Gasteiger partial charge in [0.15, 0.2) is 0 Å². The van der Waals surface area contributed by atoms with E-state index in [1.54, 1.807) is 39.3 Å². The Hall–Kier alpha value is -6.95. The van der Waals surface area contributed by atoms with Crippen LogP contribution in [0.1, 0.15) is 61.3 Å². The Balaban J connectivity index is 0.958. The summed E-state index contributed by atoms with van der Waals surface area (Å²) < 4.78 is 64.0. The van der Waals surface area contributed by atoms with Crippen LogP contribution in [-0.4, -0.2) is 109 Å². The van der Waals surface area contributed by atoms with Gasteiger partial charge < -0.3 is 44.4 Å². The van der Waals surface area contributed by atoms with Gasteiger partial charge in [0.25, 0.3) is 0 Å². The topological polar surface area (TPSA) is 177 Å². The van der Waals surface area contributed by atoms with Crippen LogP contribution in [0.25, 0.3) is 33.2 Å². The van der Waals surface area contributed by atoms with Crippen molar-refractivity contribution in [1.82, 2.24) is 30.4 Å². The molecule has 4 amide bonds. The quantitative estimate of drug-likeness (QED) is 0.118. The second-order valence-electron chi connectivity index (χ2n) is 18.1. The summed E-state index contributed by atoms with van der Waals surface area (Å²) in [6, 6.07) is 19.7. The zero-order valence-electron chi connectivity index (χ0n) is 38.2. The molecule has 356 valence electrons. The van der Waals surface area contributed by atoms with Crippen LogP contribution in [0.4, 0.5) is 28.4 Å². The monoisotopic (exact) mass is 935 g/mol. The SMILES string of the molecule is COC[C@H]1C[C@@H](C2=Nc3ccc4cc5c(cc4c3C2)OCc2cc(-c3cnc([C@@H]4CC(C(F)(F)F)CN4C(=O)[C@@H](NC(=O)OC)C(C)C)[nH]3)ccc2-5)N(C(=O)[C@H](NC(=O)OC)c2ccccc2)C1. The number of ether oxygens (including phenoxy) is 4. The molecule has 1 aromatic heterocycles. The van der Waals surface area contributed by atoms with Gasteiger partial charge in [-0.15, -0.1) is 0 Å². The number of fused-ring (bicyclic) bond motifs is 6. The Morgan fingerprint density at radius 2 is 1.62 bits per heavy atom. The summed E-state index contributed by atoms with van der Waals surface area (Å²) in [5.41, 5.74) is 7.38. The fourth-order valence-electron chi connectivity index (χ4n) is 10.1. The molecule has 4 aliphatic rings. The summed E-state index contributed by atoms with van der Waals surface area (Å²) in [6.07, 6.45) is -3.79. The first kappa shape index (κ1) is 46.2. The van der Waals surface area contributed by atoms with Crippen LogP contribution in [0.2, 0.25) is 0 Å². The van der Waals surface area contributed by atoms with Crippen LogP contribution in [-0.2, 0) is 36.8 Å². The fraction of sp³-hybridized carbons (Fsp3) is 0.400. The van der Waals surface area contributed by atoms with Crippen molar-refractivity contribution in [3.8, 4) is 28.1 Å². The molecule has 5 heterocycles. The fourth-order valence-corrected chi connectivity index (χ4v) is 10.1. The number of aromatic nitrogens is 2. The molecule has 3 N–H and O–H groups in total. The summed E-state index contributed by atoms with van der Waals surface area (Å²) in [5.74, 6) is -2.15. The number of hydrogen-bond donors (Lipinski definition) is 3. The highest BCUT2D eigenvalue weighted by atomic mass is 19.4. The Morgan fingerprint density at radius 3 is 2.34 bits per heavy atom. The standard InChI is InChI=1S/C50H52F3N7O8/c1-26(2)43(57-48(63)66-4)46(61)60-23-32(50(51,52)53)18-41(60)45-54-21-39(56-45)30-11-13-33-31(16-30)25-68-42-20-34-29(17-36(33)42)12-14-37-35(34)19-38(55-37)40-15-27(24-65-3)22-59(40)47(62)44(58-49(64)67-5)28-9-7-6-8-10-28/h6-14,16-17,20-21,26-27,32,40-41,43-44H,15,18-19,22-25H2,1-5H3,(H,54,56)(H,57,63)(H,58,64)/t27-,32?,40-,41-,43-,44+/m0/s1. The first-order chi connectivity index (χ1) is 32.6. The highest BCUT2D eigenvalue weighted by Gasteiger charge is 2.51. The van der Waals surface area contributed by atoms with E-state index in [4.69, 9.17) is 19.2 Å². The number of nitrogens with zero attached hydrogens (tertiary/aromatic N) is 4. The molecule has 18 heteroatoms. The molecule has 0 aliphatic carbocycles. The summed E-state index contributed by atoms with van der Waals surface area (Å²) >= 11 is 0. The molecule has 5 aromatic rings. The van der Waals surface area contributed by atoms with E-state index in [1.807, 2.05) is 59.5 Å². The molecule has 0 radical (unpaired) electrons. The molecule has 4 aromatic carbocycles. The lowest BCUT2D eigenvalue weighted by Gasteiger charge is -2.30. The number of carbonyl (C=O) groups is 4. The minimum Gasteiger partial charge on any atom is -0.488 e. The van der Waals surface area contributed by atoms with Gasteiger partial charge in [0.1, 0.15) is 30.3 Å². The summed E-state index contributed by atoms with van der Waals surface area (Å²) in [6.45, 7) is 3.97. The lowest BCUT2D eigenvalue weighted by atomic mass is 9.90. The molecule has 0 bridgehead atoms. The smallest absolute Gasteiger partial charge is 0.407 e. The number of halogens is 3. The van der Waals surface area contributed by atoms with E-state index < -0.39 is 60.8 Å². The third-order valence-electron chi connectivity index (χ3n) is 13.6. The number of alkyl carbamates (subject to hydrolysis) is 2. The normalized spacial score (nSPS) is 20.5. The Kier molecular flexibility index (Phi) is 12.6. The minimum atomic E-state index is -4.55. The molecule has 15 nitrogen and oxygen atoms in total. The Bertz CT molecular complexity index is 2800. The van der Waals surface area contributed by atoms with Crippen molar-refractivity contribution in [2.75, 3.05) is 41.0 Å². The largest absolute Gasteiger partial charge is 0.488 e. The maximum Gasteiger partial charge on any atom is 0.407 e. The van der Waals surface area contributed by atoms with E-state index in [1.165, 1.54) is 7.11 Å². The molecule has 4 aliphatic heterocycles. The molecular formula is C50H52F3N7O8. The van der Waals surface area contributed by atoms with Crippen LogP contribution in [0.5, 0.6) is 5.75 Å². The second-order valence-corrected chi connectivity index (χ2v) is 18.1. The number of benzene rings is 4. The van der Waals surface area contributed by atoms with Gasteiger partial charge in [0.05, 0.1) is 56.4 Å². The van der Waals surface area contributed by atoms with Gasteiger partial charge in [0, 0.05) is 43.8 Å². The molecule has 2 fully saturated rings. The predicted molar refractivity (Wildman–Crippen MR) is 245 cm³/mol. The number of aliphatic imine (C=N–C) groups is 1. The average molecular weight is 936 g/mol. The predicted octanol–water partition coefficient (Wildman–Crippen LogP) is 8.21. The van der Waals surface area contributed by atoms with Gasteiger partial charge in [0.2, 0.25) is 11.8 Å². The van der Waals surface area contributed by atoms with Crippen molar-refractivity contribution < 1.29 is 51.3 Å². The van der Waals surface area contributed by atoms with Crippen molar-refractivity contribution >= 4 is 46.2 Å². The molecule has 1 unspecified atom stereocenters. The zero-order chi connectivity index (χ0) is 48.0. The van der Waals surface area contributed by atoms with Crippen LogP contribution in [0.15, 0.2) is 84.0 Å². The minimum absolute atomic E-state index is 0.0585. The van der Waals surface area contributed by atoms with Crippen molar-refractivity contribution in [2.45, 2.75) is 70.1 Å². The van der Waals surface area contributed by atoms with Gasteiger partial charge in [-0.2, -0.15) is 13.2 Å². The number of likely N-dealkylation sites (tertiary alicyclic amines) is 2. The van der Waals surface area contributed by atoms with Crippen molar-refractivity contribution in [1.29, 1.82) is 0 Å². The number of methoxy groups -OCH3 is 3. The Labute approximate surface area is 390 Å². The van der Waals surface area contributed by atoms with Crippen molar-refractivity contribution in [2.24, 2.45) is 22.7 Å². The van der Waals surface area contributed by atoms with Crippen LogP contribution in [0, 0.1) is 17.8 Å². The van der Waals surface area contributed by atoms with Gasteiger partial charge in [-0.3, -0.25) is 14.6 Å². The van der Waals surface area contributed by atoms with Crippen molar-refractivity contribution in [3.63, 3.8) is 0 Å². The van der Waals surface area contributed by atoms with Gasteiger partial charge in [-0.1, -0.05) is 62.4 Å². The maximum atomic E-state index is 14.4. The van der Waals surface area contributed by atoms with E-state index in [2.05, 4.69) is 31.4 Å². The third-order valence-corrected chi connectivity index (χ3v) is 13.6. The number of alkyl halides is 3. The number of rotatable bonds is 11. The number of aromatic amines is 1. The zero-order valence-corrected chi connectivity index (χ0v) is 38.2. The highest BCUT2D eigenvalue weighted by molar-refractivity contribution is 6.07. The van der Waals surface area contributed by atoms with Crippen LogP contribution < -0.4 is 15.4 Å². The third kappa shape index (κ3) is 8.84. The maximum absolute atomic E-state index is 14.4. The van der Waals surface area contributed by atoms with E-state index in [9.17, 15) is 32.3 Å². The molecule has 68 heavy (non-hydrogen) atoms. The lowest BCUT2D eigenvalue weighted by Crippen LogP contribution is -2.51. The van der Waals surface area contributed by atoms with Crippen molar-refractivity contribution in [3.05, 3.63) is 102 Å². The average Bonchev–Trinajstić information content (AvgIpc) is 4.17. The van der Waals surface area contributed by atoms with E-state index in [-0.39, 0.29) is 36.7 Å². The number of H-pyrrole nitrogens is 1. The highest BCUT2D eigenvalue weighted by Crippen LogP contribution is 2.46. The summed E-state index contributed by atoms with van der Waals surface area (Å²) in [4.78, 5) is 68.6. The molecule has 0 spiro atoms.